The zero-order chi connectivity index (χ0) is 24.4. The normalized spacial score (nSPS) is 14.3. The van der Waals surface area contributed by atoms with Crippen LogP contribution in [0.5, 0.6) is 0 Å². The molecule has 0 bridgehead atoms. The summed E-state index contributed by atoms with van der Waals surface area (Å²) in [6, 6.07) is 33.2. The maximum absolute atomic E-state index is 12.9. The molecule has 4 heteroatoms. The molecular formula is C31H29BrN2O. The number of hydrogen-bond acceptors (Lipinski definition) is 3. The second kappa shape index (κ2) is 9.90. The molecule has 5 aromatic rings. The molecule has 176 valence electrons. The van der Waals surface area contributed by atoms with Crippen molar-refractivity contribution < 1.29 is 5.11 Å². The Morgan fingerprint density at radius 1 is 0.829 bits per heavy atom. The fraction of sp³-hybridized carbons (Fsp3) is 0.194. The van der Waals surface area contributed by atoms with E-state index in [4.69, 9.17) is 4.98 Å². The van der Waals surface area contributed by atoms with Crippen molar-refractivity contribution in [1.29, 1.82) is 0 Å². The van der Waals surface area contributed by atoms with Crippen LogP contribution in [0.4, 0.5) is 0 Å². The molecule has 35 heavy (non-hydrogen) atoms. The van der Waals surface area contributed by atoms with Crippen LogP contribution in [-0.2, 0) is 5.60 Å². The van der Waals surface area contributed by atoms with E-state index in [9.17, 15) is 5.11 Å². The molecule has 0 radical (unpaired) electrons. The number of rotatable bonds is 7. The van der Waals surface area contributed by atoms with Crippen molar-refractivity contribution in [3.05, 3.63) is 124 Å². The van der Waals surface area contributed by atoms with Gasteiger partial charge < -0.3 is 10.0 Å². The van der Waals surface area contributed by atoms with E-state index in [1.165, 1.54) is 0 Å². The van der Waals surface area contributed by atoms with Gasteiger partial charge in [0.15, 0.2) is 0 Å². The van der Waals surface area contributed by atoms with Crippen LogP contribution < -0.4 is 0 Å². The number of pyridine rings is 1. The van der Waals surface area contributed by atoms with E-state index in [0.29, 0.717) is 6.42 Å². The van der Waals surface area contributed by atoms with Gasteiger partial charge in [-0.05, 0) is 72.2 Å². The zero-order valence-electron chi connectivity index (χ0n) is 20.0. The van der Waals surface area contributed by atoms with Gasteiger partial charge in [0, 0.05) is 28.5 Å². The third kappa shape index (κ3) is 4.74. The van der Waals surface area contributed by atoms with Crippen molar-refractivity contribution in [2.45, 2.75) is 17.9 Å². The summed E-state index contributed by atoms with van der Waals surface area (Å²) < 4.78 is 1.01. The van der Waals surface area contributed by atoms with Crippen LogP contribution in [0.1, 0.15) is 29.0 Å². The van der Waals surface area contributed by atoms with Gasteiger partial charge in [0.2, 0.25) is 0 Å². The minimum atomic E-state index is -1.16. The lowest BCUT2D eigenvalue weighted by atomic mass is 9.71. The number of aromatic nitrogens is 1. The molecule has 0 aliphatic carbocycles. The van der Waals surface area contributed by atoms with Crippen molar-refractivity contribution in [3.8, 4) is 0 Å². The molecule has 4 aromatic carbocycles. The average molecular weight is 525 g/mol. The maximum Gasteiger partial charge on any atom is 0.102 e. The smallest absolute Gasteiger partial charge is 0.102 e. The van der Waals surface area contributed by atoms with Gasteiger partial charge >= 0.3 is 0 Å². The first-order valence-corrected chi connectivity index (χ1v) is 12.7. The quantitative estimate of drug-likeness (QED) is 0.246. The molecule has 1 aromatic heterocycles. The van der Waals surface area contributed by atoms with Gasteiger partial charge in [0.1, 0.15) is 5.60 Å². The number of nitrogens with zero attached hydrogens (tertiary/aromatic N) is 2. The second-order valence-corrected chi connectivity index (χ2v) is 10.4. The van der Waals surface area contributed by atoms with E-state index in [0.717, 1.165) is 49.4 Å². The Morgan fingerprint density at radius 2 is 1.57 bits per heavy atom. The fourth-order valence-electron chi connectivity index (χ4n) is 5.10. The second-order valence-electron chi connectivity index (χ2n) is 9.45. The summed E-state index contributed by atoms with van der Waals surface area (Å²) in [7, 11) is 4.10. The Hall–Kier alpha value is -3.05. The highest BCUT2D eigenvalue weighted by atomic mass is 79.9. The van der Waals surface area contributed by atoms with Gasteiger partial charge in [-0.3, -0.25) is 4.98 Å². The molecule has 2 atom stereocenters. The average Bonchev–Trinajstić information content (AvgIpc) is 2.87. The lowest BCUT2D eigenvalue weighted by Crippen LogP contribution is -2.37. The Kier molecular flexibility index (Phi) is 6.70. The summed E-state index contributed by atoms with van der Waals surface area (Å²) in [5.41, 5.74) is 2.79. The van der Waals surface area contributed by atoms with E-state index >= 15 is 0 Å². The highest BCUT2D eigenvalue weighted by Gasteiger charge is 2.41. The lowest BCUT2D eigenvalue weighted by molar-refractivity contribution is 0.00584. The number of aliphatic hydroxyl groups is 1. The van der Waals surface area contributed by atoms with E-state index < -0.39 is 5.60 Å². The zero-order valence-corrected chi connectivity index (χ0v) is 21.6. The molecule has 0 saturated carbocycles. The van der Waals surface area contributed by atoms with Crippen molar-refractivity contribution in [1.82, 2.24) is 9.88 Å². The number of fused-ring (bicyclic) bond motifs is 2. The van der Waals surface area contributed by atoms with Crippen LogP contribution >= 0.6 is 15.9 Å². The summed E-state index contributed by atoms with van der Waals surface area (Å²) in [5.74, 6) is -0.301. The van der Waals surface area contributed by atoms with Gasteiger partial charge in [-0.2, -0.15) is 0 Å². The Morgan fingerprint density at radius 3 is 2.37 bits per heavy atom. The van der Waals surface area contributed by atoms with Gasteiger partial charge in [0.05, 0.1) is 5.52 Å². The Bertz CT molecular complexity index is 1460. The number of hydrogen-bond donors (Lipinski definition) is 1. The molecule has 0 aliphatic rings. The molecule has 0 aliphatic heterocycles. The van der Waals surface area contributed by atoms with E-state index in [1.54, 1.807) is 0 Å². The van der Waals surface area contributed by atoms with Gasteiger partial charge in [-0.1, -0.05) is 88.7 Å². The van der Waals surface area contributed by atoms with Crippen LogP contribution in [-0.4, -0.2) is 35.6 Å². The molecule has 5 rings (SSSR count). The Labute approximate surface area is 215 Å². The number of benzene rings is 4. The molecule has 0 fully saturated rings. The molecule has 1 heterocycles. The monoisotopic (exact) mass is 524 g/mol. The van der Waals surface area contributed by atoms with Crippen molar-refractivity contribution in [2.75, 3.05) is 20.6 Å². The first-order chi connectivity index (χ1) is 17.0. The maximum atomic E-state index is 12.9. The SMILES string of the molecule is CN(C)CC[C@](O)(c1cccc2ccccc12)[C@@H](c1ccccc1)c1cnc2ccc(Br)cc2c1. The lowest BCUT2D eigenvalue weighted by Gasteiger charge is -2.39. The summed E-state index contributed by atoms with van der Waals surface area (Å²) >= 11 is 3.60. The van der Waals surface area contributed by atoms with Crippen molar-refractivity contribution >= 4 is 37.6 Å². The molecule has 1 N–H and O–H groups in total. The van der Waals surface area contributed by atoms with Gasteiger partial charge in [-0.15, -0.1) is 0 Å². The van der Waals surface area contributed by atoms with E-state index in [-0.39, 0.29) is 5.92 Å². The van der Waals surface area contributed by atoms with Crippen LogP contribution in [0.2, 0.25) is 0 Å². The van der Waals surface area contributed by atoms with Crippen molar-refractivity contribution in [3.63, 3.8) is 0 Å². The third-order valence-electron chi connectivity index (χ3n) is 6.80. The van der Waals surface area contributed by atoms with E-state index in [2.05, 4.69) is 89.5 Å². The first kappa shape index (κ1) is 23.7. The standard InChI is InChI=1S/C31H29BrN2O/c1-34(2)18-17-31(35,28-14-8-12-22-9-6-7-13-27(22)28)30(23-10-4-3-5-11-23)25-19-24-20-26(32)15-16-29(24)33-21-25/h3-16,19-21,30,35H,17-18H2,1-2H3/t30-,31-/m0/s1. The summed E-state index contributed by atoms with van der Waals surface area (Å²) in [6.07, 6.45) is 2.50. The molecule has 3 nitrogen and oxygen atoms in total. The highest BCUT2D eigenvalue weighted by Crippen LogP contribution is 2.46. The molecule has 0 unspecified atom stereocenters. The van der Waals surface area contributed by atoms with Crippen LogP contribution in [0, 0.1) is 0 Å². The van der Waals surface area contributed by atoms with E-state index in [1.807, 2.05) is 48.7 Å². The predicted molar refractivity (Wildman–Crippen MR) is 149 cm³/mol. The molecule has 0 spiro atoms. The van der Waals surface area contributed by atoms with Crippen LogP contribution in [0.25, 0.3) is 21.7 Å². The largest absolute Gasteiger partial charge is 0.384 e. The summed E-state index contributed by atoms with van der Waals surface area (Å²) in [5, 5.41) is 16.1. The van der Waals surface area contributed by atoms with Crippen LogP contribution in [0.15, 0.2) is 108 Å². The predicted octanol–water partition coefficient (Wildman–Crippen LogP) is 7.12. The highest BCUT2D eigenvalue weighted by molar-refractivity contribution is 9.10. The topological polar surface area (TPSA) is 36.4 Å². The fourth-order valence-corrected chi connectivity index (χ4v) is 5.48. The van der Waals surface area contributed by atoms with Crippen LogP contribution in [0.3, 0.4) is 0 Å². The van der Waals surface area contributed by atoms with Gasteiger partial charge in [-0.25, -0.2) is 0 Å². The van der Waals surface area contributed by atoms with Crippen molar-refractivity contribution in [2.24, 2.45) is 0 Å². The molecule has 0 amide bonds. The minimum absolute atomic E-state index is 0.301. The number of halogens is 1. The summed E-state index contributed by atoms with van der Waals surface area (Å²) in [4.78, 5) is 6.92. The molecule has 0 saturated heterocycles. The summed E-state index contributed by atoms with van der Waals surface area (Å²) in [6.45, 7) is 0.746. The third-order valence-corrected chi connectivity index (χ3v) is 7.30. The van der Waals surface area contributed by atoms with Gasteiger partial charge in [0.25, 0.3) is 0 Å². The Balaban J connectivity index is 1.78. The first-order valence-electron chi connectivity index (χ1n) is 11.9. The minimum Gasteiger partial charge on any atom is -0.384 e. The molecular weight excluding hydrogens is 496 g/mol.